The normalized spacial score (nSPS) is 14.5. The van der Waals surface area contributed by atoms with Crippen molar-refractivity contribution >= 4 is 17.2 Å². The highest BCUT2D eigenvalue weighted by Gasteiger charge is 2.52. The number of hydrogen-bond acceptors (Lipinski definition) is 2. The van der Waals surface area contributed by atoms with Crippen molar-refractivity contribution in [3.63, 3.8) is 0 Å². The van der Waals surface area contributed by atoms with Crippen LogP contribution in [0.15, 0.2) is 216 Å². The van der Waals surface area contributed by atoms with Gasteiger partial charge in [-0.2, -0.15) is 0 Å². The summed E-state index contributed by atoms with van der Waals surface area (Å²) in [6.45, 7) is 0. The lowest BCUT2D eigenvalue weighted by molar-refractivity contribution is 0.793. The molecule has 0 N–H and O–H groups in total. The minimum absolute atomic E-state index is 0.438. The summed E-state index contributed by atoms with van der Waals surface area (Å²) in [6, 6.07) is 72.3. The van der Waals surface area contributed by atoms with E-state index < -0.39 is 5.41 Å². The van der Waals surface area contributed by atoms with Crippen LogP contribution < -0.4 is 0 Å². The third-order valence-electron chi connectivity index (χ3n) is 11.8. The van der Waals surface area contributed by atoms with Gasteiger partial charge in [-0.1, -0.05) is 206 Å². The summed E-state index contributed by atoms with van der Waals surface area (Å²) < 4.78 is 0. The molecular formula is C54H36N2. The molecule has 1 heterocycles. The van der Waals surface area contributed by atoms with E-state index in [-0.39, 0.29) is 0 Å². The Balaban J connectivity index is 1.11. The summed E-state index contributed by atoms with van der Waals surface area (Å²) in [5.41, 5.74) is 19.7. The summed E-state index contributed by atoms with van der Waals surface area (Å²) in [5, 5.41) is 0. The molecule has 2 heteroatoms. The molecule has 0 radical (unpaired) electrons. The Hall–Kier alpha value is -7.16. The standard InChI is InChI=1S/C54H36N2/c1-3-14-36(15-4-1)38-26-30-40(31-27-38)50-34-35-51(41-32-28-39(29-33-41)37-16-5-2-6-17-37)56-53(55-50)45-21-13-25-49-52(45)44-20-9-12-24-48(44)54(49)46-22-10-7-18-42(46)43-19-8-11-23-47(43)54/h1-34H,35H2. The Morgan fingerprint density at radius 3 is 1.34 bits per heavy atom. The second-order valence-corrected chi connectivity index (χ2v) is 14.8. The van der Waals surface area contributed by atoms with Crippen molar-refractivity contribution in [3.05, 3.63) is 245 Å². The van der Waals surface area contributed by atoms with Crippen LogP contribution in [0.3, 0.4) is 0 Å². The first-order chi connectivity index (χ1) is 27.8. The van der Waals surface area contributed by atoms with Gasteiger partial charge in [0.2, 0.25) is 0 Å². The Labute approximate surface area is 327 Å². The second kappa shape index (κ2) is 13.0. The maximum atomic E-state index is 5.53. The maximum absolute atomic E-state index is 5.53. The Kier molecular flexibility index (Phi) is 7.50. The lowest BCUT2D eigenvalue weighted by atomic mass is 9.70. The molecule has 11 rings (SSSR count). The van der Waals surface area contributed by atoms with E-state index in [0.29, 0.717) is 6.42 Å². The zero-order valence-corrected chi connectivity index (χ0v) is 30.7. The predicted molar refractivity (Wildman–Crippen MR) is 232 cm³/mol. The molecule has 0 amide bonds. The summed E-state index contributed by atoms with van der Waals surface area (Å²) in [4.78, 5) is 11.0. The van der Waals surface area contributed by atoms with Crippen LogP contribution in [0.2, 0.25) is 0 Å². The zero-order valence-electron chi connectivity index (χ0n) is 30.7. The lowest BCUT2D eigenvalue weighted by Crippen LogP contribution is -2.25. The fraction of sp³-hybridized carbons (Fsp3) is 0.0370. The average Bonchev–Trinajstić information content (AvgIpc) is 3.63. The average molecular weight is 713 g/mol. The van der Waals surface area contributed by atoms with Crippen molar-refractivity contribution in [1.29, 1.82) is 0 Å². The van der Waals surface area contributed by atoms with Gasteiger partial charge < -0.3 is 0 Å². The molecule has 262 valence electrons. The van der Waals surface area contributed by atoms with Crippen LogP contribution in [-0.4, -0.2) is 11.5 Å². The minimum atomic E-state index is -0.438. The van der Waals surface area contributed by atoms with Crippen LogP contribution in [0.5, 0.6) is 0 Å². The zero-order chi connectivity index (χ0) is 37.1. The van der Waals surface area contributed by atoms with Gasteiger partial charge in [-0.3, -0.25) is 0 Å². The first-order valence-electron chi connectivity index (χ1n) is 19.4. The number of rotatable bonds is 5. The van der Waals surface area contributed by atoms with Crippen molar-refractivity contribution in [2.75, 3.05) is 0 Å². The molecule has 8 aromatic rings. The van der Waals surface area contributed by atoms with E-state index in [0.717, 1.165) is 33.9 Å². The molecule has 56 heavy (non-hydrogen) atoms. The fourth-order valence-corrected chi connectivity index (χ4v) is 9.32. The topological polar surface area (TPSA) is 24.7 Å². The summed E-state index contributed by atoms with van der Waals surface area (Å²) in [7, 11) is 0. The van der Waals surface area contributed by atoms with E-state index in [1.165, 1.54) is 66.8 Å². The van der Waals surface area contributed by atoms with Crippen LogP contribution in [-0.2, 0) is 5.41 Å². The molecule has 8 aromatic carbocycles. The summed E-state index contributed by atoms with van der Waals surface area (Å²) in [6.07, 6.45) is 2.90. The maximum Gasteiger partial charge on any atom is 0.160 e. The molecule has 3 aliphatic rings. The Morgan fingerprint density at radius 2 is 0.750 bits per heavy atom. The SMILES string of the molecule is C1=C(c2ccc(-c3ccccc3)cc2)N=C(c2cccc3c2-c2ccccc2C32c3ccccc3-c3ccccc32)N=C(c2ccc(-c3ccccc3)cc2)C1. The van der Waals surface area contributed by atoms with Crippen molar-refractivity contribution in [1.82, 2.24) is 0 Å². The molecule has 1 spiro atoms. The van der Waals surface area contributed by atoms with Gasteiger partial charge >= 0.3 is 0 Å². The van der Waals surface area contributed by atoms with Crippen molar-refractivity contribution in [2.24, 2.45) is 9.98 Å². The molecule has 0 bridgehead atoms. The van der Waals surface area contributed by atoms with Crippen molar-refractivity contribution in [3.8, 4) is 44.5 Å². The molecule has 0 aromatic heterocycles. The van der Waals surface area contributed by atoms with Crippen LogP contribution >= 0.6 is 0 Å². The first-order valence-corrected chi connectivity index (χ1v) is 19.4. The molecule has 2 aliphatic carbocycles. The molecule has 0 fully saturated rings. The largest absolute Gasteiger partial charge is 0.232 e. The highest BCUT2D eigenvalue weighted by Crippen LogP contribution is 2.63. The van der Waals surface area contributed by atoms with Crippen LogP contribution in [0.4, 0.5) is 0 Å². The number of fused-ring (bicyclic) bond motifs is 10. The fourth-order valence-electron chi connectivity index (χ4n) is 9.32. The highest BCUT2D eigenvalue weighted by molar-refractivity contribution is 6.18. The lowest BCUT2D eigenvalue weighted by Gasteiger charge is -2.30. The van der Waals surface area contributed by atoms with Crippen LogP contribution in [0.25, 0.3) is 50.2 Å². The third kappa shape index (κ3) is 4.96. The van der Waals surface area contributed by atoms with Gasteiger partial charge in [-0.25, -0.2) is 9.98 Å². The molecule has 0 unspecified atom stereocenters. The van der Waals surface area contributed by atoms with E-state index in [2.05, 4.69) is 206 Å². The number of allylic oxidation sites excluding steroid dienone is 1. The van der Waals surface area contributed by atoms with Gasteiger partial charge in [0.25, 0.3) is 0 Å². The predicted octanol–water partition coefficient (Wildman–Crippen LogP) is 13.0. The number of aliphatic imine (C=N–C) groups is 2. The van der Waals surface area contributed by atoms with Gasteiger partial charge in [0.05, 0.1) is 16.8 Å². The first kappa shape index (κ1) is 32.3. The Morgan fingerprint density at radius 1 is 0.321 bits per heavy atom. The van der Waals surface area contributed by atoms with E-state index >= 15 is 0 Å². The van der Waals surface area contributed by atoms with Gasteiger partial charge in [-0.15, -0.1) is 0 Å². The van der Waals surface area contributed by atoms with Crippen LogP contribution in [0, 0.1) is 0 Å². The van der Waals surface area contributed by atoms with Gasteiger partial charge in [-0.05, 0) is 77.9 Å². The second-order valence-electron chi connectivity index (χ2n) is 14.8. The Bertz CT molecular complexity index is 2850. The quantitative estimate of drug-likeness (QED) is 0.170. The van der Waals surface area contributed by atoms with Crippen molar-refractivity contribution in [2.45, 2.75) is 11.8 Å². The smallest absolute Gasteiger partial charge is 0.160 e. The monoisotopic (exact) mass is 712 g/mol. The minimum Gasteiger partial charge on any atom is -0.232 e. The molecular weight excluding hydrogens is 677 g/mol. The molecule has 0 atom stereocenters. The molecule has 2 nitrogen and oxygen atoms in total. The highest BCUT2D eigenvalue weighted by atomic mass is 14.9. The van der Waals surface area contributed by atoms with E-state index in [1.807, 2.05) is 0 Å². The third-order valence-corrected chi connectivity index (χ3v) is 11.8. The summed E-state index contributed by atoms with van der Waals surface area (Å²) in [5.74, 6) is 0.728. The van der Waals surface area contributed by atoms with E-state index in [4.69, 9.17) is 9.98 Å². The number of hydrogen-bond donors (Lipinski definition) is 0. The van der Waals surface area contributed by atoms with Crippen LogP contribution in [0.1, 0.15) is 45.4 Å². The van der Waals surface area contributed by atoms with Gasteiger partial charge in [0, 0.05) is 12.0 Å². The molecule has 1 aliphatic heterocycles. The molecule has 0 saturated carbocycles. The van der Waals surface area contributed by atoms with Crippen molar-refractivity contribution < 1.29 is 0 Å². The molecule has 0 saturated heterocycles. The number of nitrogens with zero attached hydrogens (tertiary/aromatic N) is 2. The van der Waals surface area contributed by atoms with Gasteiger partial charge in [0.1, 0.15) is 0 Å². The summed E-state index contributed by atoms with van der Waals surface area (Å²) >= 11 is 0. The van der Waals surface area contributed by atoms with E-state index in [9.17, 15) is 0 Å². The number of amidine groups is 1. The number of benzene rings is 8. The van der Waals surface area contributed by atoms with Gasteiger partial charge in [0.15, 0.2) is 5.84 Å². The van der Waals surface area contributed by atoms with E-state index in [1.54, 1.807) is 0 Å².